The molecule has 33 heavy (non-hydrogen) atoms. The van der Waals surface area contributed by atoms with Gasteiger partial charge in [0.1, 0.15) is 6.61 Å². The summed E-state index contributed by atoms with van der Waals surface area (Å²) in [5, 5.41) is 3.38. The lowest BCUT2D eigenvalue weighted by molar-refractivity contribution is 0.232. The van der Waals surface area contributed by atoms with Gasteiger partial charge >= 0.3 is 0 Å². The van der Waals surface area contributed by atoms with Crippen molar-refractivity contribution in [1.29, 1.82) is 0 Å². The molecule has 2 N–H and O–H groups in total. The van der Waals surface area contributed by atoms with E-state index in [4.69, 9.17) is 9.72 Å². The number of likely N-dealkylation sites (tertiary alicyclic amines) is 1. The molecule has 3 heterocycles. The standard InChI is InChI=1S/C27H31N5O/c1-18-7-6-8-19(2)25(18)21-15-20(3)26-23(16-21)30-27(31-26)29-22-9-10-28-24(17-22)33-14-13-32-11-4-5-12-32/h6-10,15-17H,4-5,11-14H2,1-3H3,(H2,28,29,30,31). The zero-order chi connectivity index (χ0) is 22.8. The molecular weight excluding hydrogens is 410 g/mol. The first kappa shape index (κ1) is 21.5. The zero-order valence-electron chi connectivity index (χ0n) is 19.6. The molecule has 1 fully saturated rings. The van der Waals surface area contributed by atoms with Crippen LogP contribution in [0.4, 0.5) is 11.6 Å². The minimum atomic E-state index is 0.629. The fourth-order valence-electron chi connectivity index (χ4n) is 4.75. The van der Waals surface area contributed by atoms with Crippen LogP contribution in [-0.4, -0.2) is 46.1 Å². The highest BCUT2D eigenvalue weighted by Crippen LogP contribution is 2.32. The second-order valence-corrected chi connectivity index (χ2v) is 8.95. The van der Waals surface area contributed by atoms with E-state index in [0.717, 1.165) is 28.8 Å². The normalized spacial score (nSPS) is 14.2. The van der Waals surface area contributed by atoms with Gasteiger partial charge in [-0.15, -0.1) is 0 Å². The molecule has 2 aromatic carbocycles. The second-order valence-electron chi connectivity index (χ2n) is 8.95. The molecule has 6 nitrogen and oxygen atoms in total. The van der Waals surface area contributed by atoms with Gasteiger partial charge < -0.3 is 15.0 Å². The highest BCUT2D eigenvalue weighted by molar-refractivity contribution is 5.88. The van der Waals surface area contributed by atoms with Crippen molar-refractivity contribution in [3.8, 4) is 17.0 Å². The fourth-order valence-corrected chi connectivity index (χ4v) is 4.75. The Morgan fingerprint density at radius 1 is 1.00 bits per heavy atom. The van der Waals surface area contributed by atoms with Gasteiger partial charge in [0.15, 0.2) is 0 Å². The van der Waals surface area contributed by atoms with Crippen LogP contribution < -0.4 is 10.1 Å². The molecule has 1 aliphatic heterocycles. The number of nitrogens with one attached hydrogen (secondary N) is 2. The van der Waals surface area contributed by atoms with E-state index >= 15 is 0 Å². The molecule has 0 unspecified atom stereocenters. The van der Waals surface area contributed by atoms with Crippen LogP contribution in [0.5, 0.6) is 5.88 Å². The number of aryl methyl sites for hydroxylation is 3. The summed E-state index contributed by atoms with van der Waals surface area (Å²) in [6, 6.07) is 14.7. The maximum Gasteiger partial charge on any atom is 0.215 e. The third kappa shape index (κ3) is 4.71. The van der Waals surface area contributed by atoms with Gasteiger partial charge in [-0.25, -0.2) is 9.97 Å². The molecule has 0 amide bonds. The minimum Gasteiger partial charge on any atom is -0.476 e. The lowest BCUT2D eigenvalue weighted by atomic mass is 9.94. The third-order valence-electron chi connectivity index (χ3n) is 6.40. The van der Waals surface area contributed by atoms with Gasteiger partial charge in [-0.2, -0.15) is 0 Å². The average molecular weight is 442 g/mol. The van der Waals surface area contributed by atoms with Crippen LogP contribution in [0.2, 0.25) is 0 Å². The predicted molar refractivity (Wildman–Crippen MR) is 134 cm³/mol. The molecule has 1 saturated heterocycles. The lowest BCUT2D eigenvalue weighted by Gasteiger charge is -2.14. The molecule has 2 aromatic heterocycles. The molecule has 5 rings (SSSR count). The molecule has 0 spiro atoms. The number of hydrogen-bond acceptors (Lipinski definition) is 5. The van der Waals surface area contributed by atoms with E-state index in [1.165, 1.54) is 48.2 Å². The maximum atomic E-state index is 5.89. The average Bonchev–Trinajstić information content (AvgIpc) is 3.44. The Morgan fingerprint density at radius 3 is 2.58 bits per heavy atom. The third-order valence-corrected chi connectivity index (χ3v) is 6.40. The molecule has 0 aliphatic carbocycles. The number of hydrogen-bond donors (Lipinski definition) is 2. The lowest BCUT2D eigenvalue weighted by Crippen LogP contribution is -2.25. The van der Waals surface area contributed by atoms with Gasteiger partial charge in [-0.1, -0.05) is 18.2 Å². The molecule has 0 saturated carbocycles. The Bertz CT molecular complexity index is 1250. The van der Waals surface area contributed by atoms with E-state index in [1.807, 2.05) is 12.1 Å². The van der Waals surface area contributed by atoms with E-state index in [0.29, 0.717) is 18.4 Å². The van der Waals surface area contributed by atoms with E-state index in [2.05, 4.69) is 71.3 Å². The summed E-state index contributed by atoms with van der Waals surface area (Å²) in [5.41, 5.74) is 9.10. The number of fused-ring (bicyclic) bond motifs is 1. The smallest absolute Gasteiger partial charge is 0.215 e. The summed E-state index contributed by atoms with van der Waals surface area (Å²) in [4.78, 5) is 15.0. The van der Waals surface area contributed by atoms with Gasteiger partial charge in [-0.3, -0.25) is 4.90 Å². The summed E-state index contributed by atoms with van der Waals surface area (Å²) in [6.45, 7) is 10.4. The van der Waals surface area contributed by atoms with Crippen molar-refractivity contribution in [2.24, 2.45) is 0 Å². The Hall–Kier alpha value is -3.38. The van der Waals surface area contributed by atoms with Crippen molar-refractivity contribution in [2.75, 3.05) is 31.6 Å². The number of pyridine rings is 1. The van der Waals surface area contributed by atoms with E-state index < -0.39 is 0 Å². The molecule has 170 valence electrons. The van der Waals surface area contributed by atoms with Crippen LogP contribution in [-0.2, 0) is 0 Å². The predicted octanol–water partition coefficient (Wildman–Crippen LogP) is 5.77. The number of imidazole rings is 1. The number of aromatic amines is 1. The first-order chi connectivity index (χ1) is 16.1. The van der Waals surface area contributed by atoms with Gasteiger partial charge in [0, 0.05) is 24.5 Å². The van der Waals surface area contributed by atoms with Gasteiger partial charge in [0.25, 0.3) is 0 Å². The fraction of sp³-hybridized carbons (Fsp3) is 0.333. The molecule has 0 bridgehead atoms. The Kier molecular flexibility index (Phi) is 6.01. The number of rotatable bonds is 7. The van der Waals surface area contributed by atoms with Crippen LogP contribution >= 0.6 is 0 Å². The molecule has 1 aliphatic rings. The minimum absolute atomic E-state index is 0.629. The van der Waals surface area contributed by atoms with E-state index in [1.54, 1.807) is 6.20 Å². The first-order valence-corrected chi connectivity index (χ1v) is 11.7. The summed E-state index contributed by atoms with van der Waals surface area (Å²) in [6.07, 6.45) is 4.35. The second kappa shape index (κ2) is 9.24. The van der Waals surface area contributed by atoms with Gasteiger partial charge in [0.2, 0.25) is 11.8 Å². The van der Waals surface area contributed by atoms with Crippen LogP contribution in [0.15, 0.2) is 48.7 Å². The number of nitrogens with zero attached hydrogens (tertiary/aromatic N) is 3. The van der Waals surface area contributed by atoms with Crippen molar-refractivity contribution in [2.45, 2.75) is 33.6 Å². The van der Waals surface area contributed by atoms with Crippen molar-refractivity contribution >= 4 is 22.7 Å². The number of H-pyrrole nitrogens is 1. The number of aromatic nitrogens is 3. The highest BCUT2D eigenvalue weighted by Gasteiger charge is 2.13. The van der Waals surface area contributed by atoms with E-state index in [-0.39, 0.29) is 0 Å². The topological polar surface area (TPSA) is 66.1 Å². The van der Waals surface area contributed by atoms with Crippen molar-refractivity contribution in [1.82, 2.24) is 19.9 Å². The highest BCUT2D eigenvalue weighted by atomic mass is 16.5. The van der Waals surface area contributed by atoms with Gasteiger partial charge in [-0.05, 0) is 92.7 Å². The molecule has 0 atom stereocenters. The zero-order valence-corrected chi connectivity index (χ0v) is 19.6. The number of benzene rings is 2. The van der Waals surface area contributed by atoms with Crippen molar-refractivity contribution in [3.05, 3.63) is 65.4 Å². The molecular formula is C27H31N5O. The Labute approximate surface area is 195 Å². The van der Waals surface area contributed by atoms with Crippen LogP contribution in [0.1, 0.15) is 29.5 Å². The molecule has 6 heteroatoms. The van der Waals surface area contributed by atoms with E-state index in [9.17, 15) is 0 Å². The number of ether oxygens (including phenoxy) is 1. The van der Waals surface area contributed by atoms with Gasteiger partial charge in [0.05, 0.1) is 11.0 Å². The molecule has 4 aromatic rings. The maximum absolute atomic E-state index is 5.89. The summed E-state index contributed by atoms with van der Waals surface area (Å²) < 4.78 is 5.89. The number of anilines is 2. The summed E-state index contributed by atoms with van der Waals surface area (Å²) in [5.74, 6) is 1.34. The van der Waals surface area contributed by atoms with Crippen molar-refractivity contribution < 1.29 is 4.74 Å². The van der Waals surface area contributed by atoms with Crippen LogP contribution in [0, 0.1) is 20.8 Å². The first-order valence-electron chi connectivity index (χ1n) is 11.7. The van der Waals surface area contributed by atoms with Crippen molar-refractivity contribution in [3.63, 3.8) is 0 Å². The quantitative estimate of drug-likeness (QED) is 0.381. The summed E-state index contributed by atoms with van der Waals surface area (Å²) in [7, 11) is 0. The van der Waals surface area contributed by atoms with Crippen LogP contribution in [0.3, 0.4) is 0 Å². The summed E-state index contributed by atoms with van der Waals surface area (Å²) >= 11 is 0. The monoisotopic (exact) mass is 441 g/mol. The Balaban J connectivity index is 1.34. The molecule has 0 radical (unpaired) electrons. The Morgan fingerprint density at radius 2 is 1.79 bits per heavy atom. The van der Waals surface area contributed by atoms with Crippen LogP contribution in [0.25, 0.3) is 22.2 Å². The SMILES string of the molecule is Cc1cccc(C)c1-c1cc(C)c2nc(Nc3ccnc(OCCN4CCCC4)c3)[nH]c2c1. The largest absolute Gasteiger partial charge is 0.476 e.